The van der Waals surface area contributed by atoms with Gasteiger partial charge in [-0.3, -0.25) is 14.5 Å². The normalized spacial score (nSPS) is 13.4. The van der Waals surface area contributed by atoms with Gasteiger partial charge in [0.25, 0.3) is 5.91 Å². The van der Waals surface area contributed by atoms with Gasteiger partial charge >= 0.3 is 0 Å². The lowest BCUT2D eigenvalue weighted by Gasteiger charge is -2.33. The summed E-state index contributed by atoms with van der Waals surface area (Å²) in [5.74, 6) is 1.74. The van der Waals surface area contributed by atoms with Crippen molar-refractivity contribution in [3.8, 4) is 11.3 Å². The lowest BCUT2D eigenvalue weighted by Crippen LogP contribution is -2.43. The summed E-state index contributed by atoms with van der Waals surface area (Å²) in [4.78, 5) is 37.8. The van der Waals surface area contributed by atoms with Crippen molar-refractivity contribution in [3.63, 3.8) is 0 Å². The molecule has 2 aromatic carbocycles. The van der Waals surface area contributed by atoms with E-state index in [1.54, 1.807) is 29.2 Å². The summed E-state index contributed by atoms with van der Waals surface area (Å²) in [5.41, 5.74) is 2.96. The van der Waals surface area contributed by atoms with E-state index in [-0.39, 0.29) is 17.5 Å². The molecule has 5 rings (SSSR count). The van der Waals surface area contributed by atoms with Crippen LogP contribution in [0.25, 0.3) is 22.4 Å². The molecule has 0 aliphatic carbocycles. The Bertz CT molecular complexity index is 1310. The second-order valence-electron chi connectivity index (χ2n) is 7.54. The highest BCUT2D eigenvalue weighted by Crippen LogP contribution is 2.32. The van der Waals surface area contributed by atoms with Crippen LogP contribution < -0.4 is 9.80 Å². The number of fused-ring (bicyclic) bond motifs is 2. The average molecular weight is 412 g/mol. The monoisotopic (exact) mass is 412 g/mol. The van der Waals surface area contributed by atoms with Crippen LogP contribution in [0.2, 0.25) is 0 Å². The van der Waals surface area contributed by atoms with E-state index in [9.17, 15) is 9.59 Å². The van der Waals surface area contributed by atoms with E-state index in [4.69, 9.17) is 14.4 Å². The fourth-order valence-corrected chi connectivity index (χ4v) is 3.69. The summed E-state index contributed by atoms with van der Waals surface area (Å²) in [6.07, 6.45) is 0. The SMILES string of the molecule is CC(=O)c1ccc(-c2ccc(C(=O)N3CCN(C)c4nc5ccccc5nc43)o2)cc1. The number of likely N-dealkylation sites (N-methyl/N-ethyl adjacent to an activating group) is 1. The van der Waals surface area contributed by atoms with Gasteiger partial charge in [-0.05, 0) is 31.2 Å². The highest BCUT2D eigenvalue weighted by Gasteiger charge is 2.30. The van der Waals surface area contributed by atoms with Gasteiger partial charge in [-0.15, -0.1) is 0 Å². The smallest absolute Gasteiger partial charge is 0.295 e. The first kappa shape index (κ1) is 19.0. The van der Waals surface area contributed by atoms with Crippen molar-refractivity contribution in [3.05, 3.63) is 72.0 Å². The molecule has 2 aromatic heterocycles. The molecule has 0 saturated carbocycles. The minimum Gasteiger partial charge on any atom is -0.451 e. The second kappa shape index (κ2) is 7.36. The van der Waals surface area contributed by atoms with E-state index in [1.165, 1.54) is 6.92 Å². The van der Waals surface area contributed by atoms with E-state index < -0.39 is 0 Å². The van der Waals surface area contributed by atoms with Gasteiger partial charge in [0.05, 0.1) is 11.0 Å². The van der Waals surface area contributed by atoms with Crippen LogP contribution >= 0.6 is 0 Å². The van der Waals surface area contributed by atoms with Crippen molar-refractivity contribution in [2.45, 2.75) is 6.92 Å². The van der Waals surface area contributed by atoms with Gasteiger partial charge < -0.3 is 9.32 Å². The first-order valence-corrected chi connectivity index (χ1v) is 10.0. The van der Waals surface area contributed by atoms with Crippen LogP contribution in [0, 0.1) is 0 Å². The standard InChI is InChI=1S/C24H20N4O3/c1-15(29)16-7-9-17(10-8-16)20-11-12-21(31-20)24(30)28-14-13-27(2)22-23(28)26-19-6-4-3-5-18(19)25-22/h3-12H,13-14H2,1-2H3. The third-order valence-electron chi connectivity index (χ3n) is 5.45. The Balaban J connectivity index is 1.48. The van der Waals surface area contributed by atoms with Crippen molar-refractivity contribution in [1.82, 2.24) is 9.97 Å². The second-order valence-corrected chi connectivity index (χ2v) is 7.54. The fraction of sp³-hybridized carbons (Fsp3) is 0.167. The Labute approximate surface area is 178 Å². The molecule has 0 fully saturated rings. The number of amides is 1. The third-order valence-corrected chi connectivity index (χ3v) is 5.45. The van der Waals surface area contributed by atoms with Crippen molar-refractivity contribution in [2.24, 2.45) is 0 Å². The number of nitrogens with zero attached hydrogens (tertiary/aromatic N) is 4. The van der Waals surface area contributed by atoms with Gasteiger partial charge in [-0.25, -0.2) is 9.97 Å². The summed E-state index contributed by atoms with van der Waals surface area (Å²) >= 11 is 0. The number of carbonyl (C=O) groups excluding carboxylic acids is 2. The molecule has 7 heteroatoms. The Hall–Kier alpha value is -4.00. The molecule has 7 nitrogen and oxygen atoms in total. The largest absolute Gasteiger partial charge is 0.451 e. The molecule has 0 N–H and O–H groups in total. The summed E-state index contributed by atoms with van der Waals surface area (Å²) < 4.78 is 5.88. The Kier molecular flexibility index (Phi) is 4.51. The molecule has 1 aliphatic heterocycles. The minimum atomic E-state index is -0.259. The van der Waals surface area contributed by atoms with Crippen LogP contribution in [0.3, 0.4) is 0 Å². The summed E-state index contributed by atoms with van der Waals surface area (Å²) in [6.45, 7) is 2.66. The van der Waals surface area contributed by atoms with Gasteiger partial charge in [0.2, 0.25) is 0 Å². The molecular formula is C24H20N4O3. The van der Waals surface area contributed by atoms with Gasteiger partial charge in [-0.1, -0.05) is 36.4 Å². The molecule has 3 heterocycles. The number of aromatic nitrogens is 2. The number of hydrogen-bond donors (Lipinski definition) is 0. The van der Waals surface area contributed by atoms with E-state index >= 15 is 0 Å². The molecule has 0 saturated heterocycles. The van der Waals surface area contributed by atoms with Crippen molar-refractivity contribution in [1.29, 1.82) is 0 Å². The molecule has 0 unspecified atom stereocenters. The van der Waals surface area contributed by atoms with Crippen LogP contribution in [0.1, 0.15) is 27.8 Å². The van der Waals surface area contributed by atoms with Crippen LogP contribution in [0.5, 0.6) is 0 Å². The van der Waals surface area contributed by atoms with Crippen molar-refractivity contribution >= 4 is 34.4 Å². The molecule has 0 bridgehead atoms. The lowest BCUT2D eigenvalue weighted by molar-refractivity contribution is 0.0959. The maximum absolute atomic E-state index is 13.3. The van der Waals surface area contributed by atoms with E-state index in [1.807, 2.05) is 48.3 Å². The summed E-state index contributed by atoms with van der Waals surface area (Å²) in [7, 11) is 1.94. The van der Waals surface area contributed by atoms with Gasteiger partial charge in [-0.2, -0.15) is 0 Å². The third kappa shape index (κ3) is 3.34. The first-order valence-electron chi connectivity index (χ1n) is 10.0. The van der Waals surface area contributed by atoms with Crippen molar-refractivity contribution in [2.75, 3.05) is 29.9 Å². The van der Waals surface area contributed by atoms with E-state index in [0.717, 1.165) is 16.6 Å². The number of anilines is 2. The Morgan fingerprint density at radius 1 is 0.871 bits per heavy atom. The molecule has 1 aliphatic rings. The minimum absolute atomic E-state index is 0.00391. The summed E-state index contributed by atoms with van der Waals surface area (Å²) in [5, 5.41) is 0. The first-order chi connectivity index (χ1) is 15.0. The number of para-hydroxylation sites is 2. The molecule has 4 aromatic rings. The summed E-state index contributed by atoms with van der Waals surface area (Å²) in [6, 6.07) is 18.2. The molecule has 154 valence electrons. The highest BCUT2D eigenvalue weighted by atomic mass is 16.4. The Morgan fingerprint density at radius 2 is 1.55 bits per heavy atom. The highest BCUT2D eigenvalue weighted by molar-refractivity contribution is 6.06. The molecule has 0 radical (unpaired) electrons. The maximum Gasteiger partial charge on any atom is 0.295 e. The van der Waals surface area contributed by atoms with Crippen LogP contribution in [0.15, 0.2) is 65.1 Å². The van der Waals surface area contributed by atoms with Crippen LogP contribution in [0.4, 0.5) is 11.6 Å². The van der Waals surface area contributed by atoms with Gasteiger partial charge in [0, 0.05) is 31.3 Å². The number of Topliss-reactive ketones (excluding diaryl/α,β-unsaturated/α-hetero) is 1. The predicted octanol–water partition coefficient (Wildman–Crippen LogP) is 4.19. The van der Waals surface area contributed by atoms with Crippen LogP contribution in [-0.2, 0) is 0 Å². The zero-order chi connectivity index (χ0) is 21.5. The quantitative estimate of drug-likeness (QED) is 0.470. The van der Waals surface area contributed by atoms with Gasteiger partial charge in [0.1, 0.15) is 5.76 Å². The topological polar surface area (TPSA) is 79.5 Å². The number of rotatable bonds is 3. The number of ketones is 1. The fourth-order valence-electron chi connectivity index (χ4n) is 3.69. The van der Waals surface area contributed by atoms with E-state index in [2.05, 4.69) is 0 Å². The zero-order valence-corrected chi connectivity index (χ0v) is 17.2. The number of benzene rings is 2. The lowest BCUT2D eigenvalue weighted by atomic mass is 10.1. The van der Waals surface area contributed by atoms with Gasteiger partial charge in [0.15, 0.2) is 23.2 Å². The predicted molar refractivity (Wildman–Crippen MR) is 119 cm³/mol. The maximum atomic E-state index is 13.3. The molecule has 0 spiro atoms. The van der Waals surface area contributed by atoms with Crippen LogP contribution in [-0.4, -0.2) is 41.8 Å². The number of carbonyl (C=O) groups is 2. The Morgan fingerprint density at radius 3 is 2.23 bits per heavy atom. The van der Waals surface area contributed by atoms with E-state index in [0.29, 0.717) is 36.0 Å². The molecule has 31 heavy (non-hydrogen) atoms. The molecule has 0 atom stereocenters. The number of hydrogen-bond acceptors (Lipinski definition) is 6. The molecule has 1 amide bonds. The average Bonchev–Trinajstić information content (AvgIpc) is 3.28. The zero-order valence-electron chi connectivity index (χ0n) is 17.2. The molecular weight excluding hydrogens is 392 g/mol. The van der Waals surface area contributed by atoms with Crippen molar-refractivity contribution < 1.29 is 14.0 Å². The number of furan rings is 1.